The smallest absolute Gasteiger partial charge is 0.407 e. The van der Waals surface area contributed by atoms with Gasteiger partial charge in [-0.3, -0.25) is 4.79 Å². The lowest BCUT2D eigenvalue weighted by Gasteiger charge is -2.20. The number of amides is 2. The quantitative estimate of drug-likeness (QED) is 0.367. The summed E-state index contributed by atoms with van der Waals surface area (Å²) in [7, 11) is 0. The van der Waals surface area contributed by atoms with Crippen LogP contribution in [0.3, 0.4) is 0 Å². The molecule has 35 heavy (non-hydrogen) atoms. The summed E-state index contributed by atoms with van der Waals surface area (Å²) in [6.45, 7) is 4.67. The van der Waals surface area contributed by atoms with Crippen LogP contribution in [0.1, 0.15) is 50.2 Å². The Morgan fingerprint density at radius 1 is 0.971 bits per heavy atom. The minimum atomic E-state index is -1.50. The predicted molar refractivity (Wildman–Crippen MR) is 132 cm³/mol. The van der Waals surface area contributed by atoms with Gasteiger partial charge < -0.3 is 25.6 Å². The highest BCUT2D eigenvalue weighted by atomic mass is 16.5. The van der Waals surface area contributed by atoms with Crippen LogP contribution >= 0.6 is 0 Å². The molecule has 0 heterocycles. The molecule has 2 aromatic rings. The Balaban J connectivity index is 1.49. The zero-order valence-corrected chi connectivity index (χ0v) is 20.2. The molecule has 1 aliphatic rings. The van der Waals surface area contributed by atoms with Gasteiger partial charge in [-0.2, -0.15) is 0 Å². The first-order valence-corrected chi connectivity index (χ1v) is 12.0. The topological polar surface area (TPSA) is 125 Å². The van der Waals surface area contributed by atoms with E-state index < -0.39 is 18.2 Å². The highest BCUT2D eigenvalue weighted by Crippen LogP contribution is 2.44. The molecule has 0 fully saturated rings. The van der Waals surface area contributed by atoms with Crippen LogP contribution in [0.15, 0.2) is 48.5 Å². The van der Waals surface area contributed by atoms with Gasteiger partial charge in [0.05, 0.1) is 0 Å². The molecule has 0 saturated heterocycles. The first-order chi connectivity index (χ1) is 16.8. The highest BCUT2D eigenvalue weighted by Gasteiger charge is 2.29. The molecule has 2 amide bonds. The second-order valence-electron chi connectivity index (χ2n) is 9.40. The van der Waals surface area contributed by atoms with Crippen LogP contribution in [0.5, 0.6) is 0 Å². The molecule has 0 spiro atoms. The number of carboxylic acids is 1. The van der Waals surface area contributed by atoms with Crippen molar-refractivity contribution in [2.75, 3.05) is 19.7 Å². The first kappa shape index (κ1) is 26.2. The summed E-state index contributed by atoms with van der Waals surface area (Å²) in [5, 5.41) is 23.4. The van der Waals surface area contributed by atoms with Crippen LogP contribution in [0.4, 0.5) is 4.79 Å². The Hall–Kier alpha value is -3.39. The molecule has 188 valence electrons. The van der Waals surface area contributed by atoms with Crippen LogP contribution in [-0.2, 0) is 14.3 Å². The van der Waals surface area contributed by atoms with Gasteiger partial charge in [0.25, 0.3) is 0 Å². The van der Waals surface area contributed by atoms with Crippen LogP contribution in [-0.4, -0.2) is 54.0 Å². The number of hydrogen-bond acceptors (Lipinski definition) is 5. The van der Waals surface area contributed by atoms with Gasteiger partial charge in [0.2, 0.25) is 5.91 Å². The van der Waals surface area contributed by atoms with Gasteiger partial charge >= 0.3 is 12.1 Å². The van der Waals surface area contributed by atoms with E-state index in [2.05, 4.69) is 34.9 Å². The van der Waals surface area contributed by atoms with Gasteiger partial charge in [-0.05, 0) is 40.5 Å². The normalized spacial score (nSPS) is 14.1. The van der Waals surface area contributed by atoms with E-state index in [0.717, 1.165) is 28.7 Å². The van der Waals surface area contributed by atoms with Gasteiger partial charge in [0, 0.05) is 31.8 Å². The van der Waals surface area contributed by atoms with Crippen LogP contribution in [0.25, 0.3) is 11.1 Å². The van der Waals surface area contributed by atoms with Gasteiger partial charge in [0.15, 0.2) is 6.10 Å². The minimum Gasteiger partial charge on any atom is -0.479 e. The molecule has 3 rings (SSSR count). The van der Waals surface area contributed by atoms with E-state index >= 15 is 0 Å². The zero-order chi connectivity index (χ0) is 25.4. The van der Waals surface area contributed by atoms with E-state index in [1.54, 1.807) is 0 Å². The Labute approximate surface area is 205 Å². The number of aliphatic hydroxyl groups is 1. The number of benzene rings is 2. The Morgan fingerprint density at radius 3 is 2.14 bits per heavy atom. The van der Waals surface area contributed by atoms with Crippen molar-refractivity contribution in [1.29, 1.82) is 0 Å². The van der Waals surface area contributed by atoms with Crippen molar-refractivity contribution in [3.05, 3.63) is 59.7 Å². The second-order valence-corrected chi connectivity index (χ2v) is 9.40. The summed E-state index contributed by atoms with van der Waals surface area (Å²) < 4.78 is 5.58. The van der Waals surface area contributed by atoms with Gasteiger partial charge in [-0.1, -0.05) is 62.4 Å². The van der Waals surface area contributed by atoms with E-state index in [1.165, 1.54) is 0 Å². The number of hydrogen-bond donors (Lipinski definition) is 4. The molecule has 1 aliphatic carbocycles. The first-order valence-electron chi connectivity index (χ1n) is 12.0. The van der Waals surface area contributed by atoms with Gasteiger partial charge in [-0.25, -0.2) is 9.59 Å². The van der Waals surface area contributed by atoms with Gasteiger partial charge in [-0.15, -0.1) is 0 Å². The van der Waals surface area contributed by atoms with E-state index in [9.17, 15) is 19.5 Å². The molecule has 0 aliphatic heterocycles. The van der Waals surface area contributed by atoms with Crippen molar-refractivity contribution in [1.82, 2.24) is 10.6 Å². The molecule has 2 aromatic carbocycles. The van der Waals surface area contributed by atoms with Crippen LogP contribution in [0, 0.1) is 11.8 Å². The molecule has 0 bridgehead atoms. The number of rotatable bonds is 12. The van der Waals surface area contributed by atoms with E-state index in [1.807, 2.05) is 38.1 Å². The maximum atomic E-state index is 12.5. The molecule has 4 N–H and O–H groups in total. The third-order valence-electron chi connectivity index (χ3n) is 6.18. The lowest BCUT2D eigenvalue weighted by atomic mass is 9.93. The largest absolute Gasteiger partial charge is 0.479 e. The summed E-state index contributed by atoms with van der Waals surface area (Å²) in [4.78, 5) is 35.4. The molecular weight excluding hydrogens is 448 g/mol. The molecule has 0 unspecified atom stereocenters. The average Bonchev–Trinajstić information content (AvgIpc) is 3.14. The van der Waals surface area contributed by atoms with Crippen molar-refractivity contribution in [2.24, 2.45) is 11.8 Å². The molecule has 0 saturated carbocycles. The summed E-state index contributed by atoms with van der Waals surface area (Å²) >= 11 is 0. The molecule has 0 aromatic heterocycles. The monoisotopic (exact) mass is 482 g/mol. The Bertz CT molecular complexity index is 992. The number of carbonyl (C=O) groups excluding carboxylic acids is 2. The molecular formula is C27H34N2O6. The summed E-state index contributed by atoms with van der Waals surface area (Å²) in [6, 6.07) is 16.3. The zero-order valence-electron chi connectivity index (χ0n) is 20.2. The predicted octanol–water partition coefficient (Wildman–Crippen LogP) is 3.53. The SMILES string of the molecule is CC(C)C[C@H](CNC(=O)OCC1c2ccccc2-c2ccccc21)CC(=O)NCC[C@H](O)C(=O)O. The van der Waals surface area contributed by atoms with Crippen molar-refractivity contribution < 1.29 is 29.3 Å². The number of ether oxygens (including phenoxy) is 1. The van der Waals surface area contributed by atoms with Crippen molar-refractivity contribution in [2.45, 2.75) is 45.1 Å². The fourth-order valence-electron chi connectivity index (χ4n) is 4.59. The fraction of sp³-hybridized carbons (Fsp3) is 0.444. The van der Waals surface area contributed by atoms with Crippen molar-refractivity contribution >= 4 is 18.0 Å². The Kier molecular flexibility index (Phi) is 9.25. The lowest BCUT2D eigenvalue weighted by molar-refractivity contribution is -0.147. The number of carboxylic acid groups (broad SMARTS) is 1. The van der Waals surface area contributed by atoms with Crippen molar-refractivity contribution in [3.63, 3.8) is 0 Å². The number of fused-ring (bicyclic) bond motifs is 3. The average molecular weight is 483 g/mol. The third kappa shape index (κ3) is 7.29. The van der Waals surface area contributed by atoms with E-state index in [-0.39, 0.29) is 43.7 Å². The number of aliphatic carboxylic acids is 1. The summed E-state index contributed by atoms with van der Waals surface area (Å²) in [5.74, 6) is -1.36. The maximum absolute atomic E-state index is 12.5. The van der Waals surface area contributed by atoms with E-state index in [4.69, 9.17) is 9.84 Å². The maximum Gasteiger partial charge on any atom is 0.407 e. The third-order valence-corrected chi connectivity index (χ3v) is 6.18. The highest BCUT2D eigenvalue weighted by molar-refractivity contribution is 5.79. The standard InChI is InChI=1S/C27H34N2O6/c1-17(2)13-18(14-25(31)28-12-11-24(30)26(32)33)15-29-27(34)35-16-23-21-9-5-3-7-19(21)20-8-4-6-10-22(20)23/h3-10,17-18,23-24,30H,11-16H2,1-2H3,(H,28,31)(H,29,34)(H,32,33)/t18-,24-/m0/s1. The van der Waals surface area contributed by atoms with Crippen molar-refractivity contribution in [3.8, 4) is 11.1 Å². The van der Waals surface area contributed by atoms with Crippen LogP contribution in [0.2, 0.25) is 0 Å². The number of nitrogens with one attached hydrogen (secondary N) is 2. The molecule has 8 heteroatoms. The number of aliphatic hydroxyl groups excluding tert-OH is 1. The number of carbonyl (C=O) groups is 3. The minimum absolute atomic E-state index is 0.0217. The lowest BCUT2D eigenvalue weighted by Crippen LogP contribution is -2.35. The van der Waals surface area contributed by atoms with Gasteiger partial charge in [0.1, 0.15) is 6.61 Å². The fourth-order valence-corrected chi connectivity index (χ4v) is 4.59. The molecule has 2 atom stereocenters. The van der Waals surface area contributed by atoms with Crippen LogP contribution < -0.4 is 10.6 Å². The molecule has 8 nitrogen and oxygen atoms in total. The Morgan fingerprint density at radius 2 is 1.57 bits per heavy atom. The van der Waals surface area contributed by atoms with E-state index in [0.29, 0.717) is 12.5 Å². The number of alkyl carbamates (subject to hydrolysis) is 1. The summed E-state index contributed by atoms with van der Waals surface area (Å²) in [5.41, 5.74) is 4.61. The summed E-state index contributed by atoms with van der Waals surface area (Å²) in [6.07, 6.45) is -1.17. The molecule has 0 radical (unpaired) electrons. The second kappa shape index (κ2) is 12.4.